The molecule has 0 saturated heterocycles. The maximum Gasteiger partial charge on any atom is 0.337 e. The van der Waals surface area contributed by atoms with Crippen LogP contribution in [0, 0.1) is 6.92 Å². The largest absolute Gasteiger partial charge is 0.497 e. The van der Waals surface area contributed by atoms with Crippen LogP contribution in [0.1, 0.15) is 32.0 Å². The number of pyridine rings is 2. The SMILES string of the molecule is COC(=O)c1ccc(NC(=O)Cn2cc(C(=O)c3ccc(OC)cc3)c(=O)c3ccc(C)nc32)cc1. The van der Waals surface area contributed by atoms with Crippen molar-refractivity contribution in [3.05, 3.63) is 99.5 Å². The number of aromatic nitrogens is 2. The van der Waals surface area contributed by atoms with Gasteiger partial charge in [-0.3, -0.25) is 14.4 Å². The predicted octanol–water partition coefficient (Wildman–Crippen LogP) is 3.37. The number of nitrogens with zero attached hydrogens (tertiary/aromatic N) is 2. The zero-order valence-electron chi connectivity index (χ0n) is 19.9. The van der Waals surface area contributed by atoms with E-state index in [1.165, 1.54) is 37.1 Å². The van der Waals surface area contributed by atoms with Crippen LogP contribution in [0.3, 0.4) is 0 Å². The fourth-order valence-corrected chi connectivity index (χ4v) is 3.70. The van der Waals surface area contributed by atoms with Crippen molar-refractivity contribution < 1.29 is 23.9 Å². The minimum atomic E-state index is -0.483. The zero-order chi connectivity index (χ0) is 25.8. The number of amides is 1. The molecular weight excluding hydrogens is 462 g/mol. The Hall–Kier alpha value is -4.79. The average Bonchev–Trinajstić information content (AvgIpc) is 2.89. The van der Waals surface area contributed by atoms with Gasteiger partial charge in [0.25, 0.3) is 0 Å². The number of carbonyl (C=O) groups is 3. The van der Waals surface area contributed by atoms with Gasteiger partial charge in [0.2, 0.25) is 11.3 Å². The van der Waals surface area contributed by atoms with Gasteiger partial charge in [0.1, 0.15) is 17.9 Å². The number of ketones is 1. The minimum Gasteiger partial charge on any atom is -0.497 e. The minimum absolute atomic E-state index is 0.0754. The van der Waals surface area contributed by atoms with Crippen LogP contribution in [0.25, 0.3) is 11.0 Å². The van der Waals surface area contributed by atoms with Crippen LogP contribution in [0.4, 0.5) is 5.69 Å². The van der Waals surface area contributed by atoms with Gasteiger partial charge in [-0.1, -0.05) is 0 Å². The molecule has 0 spiro atoms. The van der Waals surface area contributed by atoms with Gasteiger partial charge in [-0.05, 0) is 67.6 Å². The van der Waals surface area contributed by atoms with Gasteiger partial charge in [-0.15, -0.1) is 0 Å². The quantitative estimate of drug-likeness (QED) is 0.315. The molecule has 0 saturated carbocycles. The van der Waals surface area contributed by atoms with Crippen molar-refractivity contribution in [1.82, 2.24) is 9.55 Å². The Morgan fingerprint density at radius 3 is 2.22 bits per heavy atom. The molecule has 1 N–H and O–H groups in total. The summed E-state index contributed by atoms with van der Waals surface area (Å²) in [6.07, 6.45) is 1.36. The molecule has 4 rings (SSSR count). The Labute approximate surface area is 206 Å². The molecule has 0 radical (unpaired) electrons. The summed E-state index contributed by atoms with van der Waals surface area (Å²) in [7, 11) is 2.81. The third-order valence-electron chi connectivity index (χ3n) is 5.56. The number of hydrogen-bond donors (Lipinski definition) is 1. The van der Waals surface area contributed by atoms with Crippen molar-refractivity contribution in [2.75, 3.05) is 19.5 Å². The first-order valence-electron chi connectivity index (χ1n) is 11.0. The van der Waals surface area contributed by atoms with E-state index in [9.17, 15) is 19.2 Å². The topological polar surface area (TPSA) is 117 Å². The highest BCUT2D eigenvalue weighted by molar-refractivity contribution is 6.10. The van der Waals surface area contributed by atoms with Crippen LogP contribution in [-0.2, 0) is 16.1 Å². The summed E-state index contributed by atoms with van der Waals surface area (Å²) >= 11 is 0. The van der Waals surface area contributed by atoms with Gasteiger partial charge >= 0.3 is 5.97 Å². The predicted molar refractivity (Wildman–Crippen MR) is 134 cm³/mol. The number of hydrogen-bond acceptors (Lipinski definition) is 7. The molecule has 1 amide bonds. The van der Waals surface area contributed by atoms with Crippen LogP contribution in [0.5, 0.6) is 5.75 Å². The molecule has 0 aliphatic carbocycles. The van der Waals surface area contributed by atoms with Crippen LogP contribution in [0.15, 0.2) is 71.7 Å². The Morgan fingerprint density at radius 2 is 1.58 bits per heavy atom. The molecule has 2 aromatic carbocycles. The van der Waals surface area contributed by atoms with Crippen molar-refractivity contribution >= 4 is 34.4 Å². The van der Waals surface area contributed by atoms with E-state index >= 15 is 0 Å². The summed E-state index contributed by atoms with van der Waals surface area (Å²) < 4.78 is 11.3. The van der Waals surface area contributed by atoms with Gasteiger partial charge in [0, 0.05) is 23.1 Å². The number of benzene rings is 2. The second-order valence-corrected chi connectivity index (χ2v) is 8.00. The maximum absolute atomic E-state index is 13.2. The monoisotopic (exact) mass is 485 g/mol. The molecule has 0 aliphatic heterocycles. The number of methoxy groups -OCH3 is 2. The number of rotatable bonds is 7. The lowest BCUT2D eigenvalue weighted by molar-refractivity contribution is -0.116. The fourth-order valence-electron chi connectivity index (χ4n) is 3.70. The normalized spacial score (nSPS) is 10.6. The molecule has 9 nitrogen and oxygen atoms in total. The Bertz CT molecular complexity index is 1520. The van der Waals surface area contributed by atoms with Crippen LogP contribution in [0.2, 0.25) is 0 Å². The van der Waals surface area contributed by atoms with Crippen LogP contribution >= 0.6 is 0 Å². The molecule has 36 heavy (non-hydrogen) atoms. The Balaban J connectivity index is 1.68. The van der Waals surface area contributed by atoms with E-state index in [1.807, 2.05) is 0 Å². The van der Waals surface area contributed by atoms with Crippen molar-refractivity contribution in [2.45, 2.75) is 13.5 Å². The van der Waals surface area contributed by atoms with E-state index in [2.05, 4.69) is 15.0 Å². The van der Waals surface area contributed by atoms with Gasteiger partial charge in [0.15, 0.2) is 5.78 Å². The molecule has 2 heterocycles. The van der Waals surface area contributed by atoms with Crippen molar-refractivity contribution in [3.63, 3.8) is 0 Å². The zero-order valence-corrected chi connectivity index (χ0v) is 19.9. The fraction of sp³-hybridized carbons (Fsp3) is 0.148. The summed E-state index contributed by atoms with van der Waals surface area (Å²) in [6.45, 7) is 1.57. The second-order valence-electron chi connectivity index (χ2n) is 8.00. The van der Waals surface area contributed by atoms with Gasteiger partial charge in [-0.25, -0.2) is 9.78 Å². The number of esters is 1. The average molecular weight is 485 g/mol. The molecule has 4 aromatic rings. The summed E-state index contributed by atoms with van der Waals surface area (Å²) in [5.74, 6) is -0.781. The summed E-state index contributed by atoms with van der Waals surface area (Å²) in [6, 6.07) is 15.9. The van der Waals surface area contributed by atoms with Gasteiger partial charge in [0.05, 0.1) is 30.7 Å². The second kappa shape index (κ2) is 10.2. The summed E-state index contributed by atoms with van der Waals surface area (Å²) in [4.78, 5) is 55.3. The standard InChI is InChI=1S/C27H23N3O6/c1-16-4-13-21-25(33)22(24(32)17-7-11-20(35-2)12-8-17)14-30(26(21)28-16)15-23(31)29-19-9-5-18(6-10-19)27(34)36-3/h4-14H,15H2,1-3H3,(H,29,31). The first-order chi connectivity index (χ1) is 17.3. The number of anilines is 1. The molecule has 0 bridgehead atoms. The van der Waals surface area contributed by atoms with E-state index in [0.717, 1.165) is 0 Å². The first-order valence-corrected chi connectivity index (χ1v) is 11.0. The maximum atomic E-state index is 13.2. The van der Waals surface area contributed by atoms with Gasteiger partial charge in [-0.2, -0.15) is 0 Å². The van der Waals surface area contributed by atoms with E-state index < -0.39 is 23.1 Å². The molecule has 182 valence electrons. The highest BCUT2D eigenvalue weighted by Crippen LogP contribution is 2.17. The number of ether oxygens (including phenoxy) is 2. The van der Waals surface area contributed by atoms with Crippen LogP contribution < -0.4 is 15.5 Å². The molecule has 0 fully saturated rings. The molecule has 2 aromatic heterocycles. The number of nitrogens with one attached hydrogen (secondary N) is 1. The van der Waals surface area contributed by atoms with E-state index in [4.69, 9.17) is 4.74 Å². The number of fused-ring (bicyclic) bond motifs is 1. The lowest BCUT2D eigenvalue weighted by atomic mass is 10.0. The highest BCUT2D eigenvalue weighted by Gasteiger charge is 2.19. The summed E-state index contributed by atoms with van der Waals surface area (Å²) in [5.41, 5.74) is 1.54. The molecular formula is C27H23N3O6. The third-order valence-corrected chi connectivity index (χ3v) is 5.56. The van der Waals surface area contributed by atoms with E-state index in [1.54, 1.807) is 55.5 Å². The van der Waals surface area contributed by atoms with E-state index in [-0.39, 0.29) is 17.5 Å². The molecule has 0 unspecified atom stereocenters. The van der Waals surface area contributed by atoms with Crippen molar-refractivity contribution in [3.8, 4) is 5.75 Å². The van der Waals surface area contributed by atoms with Crippen LogP contribution in [-0.4, -0.2) is 41.4 Å². The third kappa shape index (κ3) is 5.00. The Morgan fingerprint density at radius 1 is 0.917 bits per heavy atom. The molecule has 9 heteroatoms. The smallest absolute Gasteiger partial charge is 0.337 e. The van der Waals surface area contributed by atoms with Gasteiger partial charge < -0.3 is 19.4 Å². The van der Waals surface area contributed by atoms with E-state index in [0.29, 0.717) is 33.9 Å². The first kappa shape index (κ1) is 24.3. The van der Waals surface area contributed by atoms with Crippen molar-refractivity contribution in [1.29, 1.82) is 0 Å². The lowest BCUT2D eigenvalue weighted by Gasteiger charge is -2.13. The highest BCUT2D eigenvalue weighted by atomic mass is 16.5. The lowest BCUT2D eigenvalue weighted by Crippen LogP contribution is -2.25. The summed E-state index contributed by atoms with van der Waals surface area (Å²) in [5, 5.41) is 2.98. The number of aryl methyl sites for hydroxylation is 1. The van der Waals surface area contributed by atoms with Crippen molar-refractivity contribution in [2.24, 2.45) is 0 Å². The molecule has 0 aliphatic rings. The molecule has 0 atom stereocenters. The number of carbonyl (C=O) groups excluding carboxylic acids is 3. The Kier molecular flexibility index (Phi) is 6.91.